The van der Waals surface area contributed by atoms with Crippen LogP contribution in [0.5, 0.6) is 0 Å². The van der Waals surface area contributed by atoms with Gasteiger partial charge in [0.25, 0.3) is 10.1 Å². The molecule has 1 aromatic rings. The fourth-order valence-corrected chi connectivity index (χ4v) is 2.97. The Labute approximate surface area is 113 Å². The van der Waals surface area contributed by atoms with E-state index in [1.807, 2.05) is 6.92 Å². The highest BCUT2D eigenvalue weighted by Crippen LogP contribution is 2.20. The van der Waals surface area contributed by atoms with Crippen molar-refractivity contribution in [3.63, 3.8) is 0 Å². The summed E-state index contributed by atoms with van der Waals surface area (Å²) >= 11 is 0. The van der Waals surface area contributed by atoms with Gasteiger partial charge in [0.05, 0.1) is 17.1 Å². The van der Waals surface area contributed by atoms with Crippen molar-refractivity contribution >= 4 is 10.1 Å². The predicted molar refractivity (Wildman–Crippen MR) is 71.4 cm³/mol. The van der Waals surface area contributed by atoms with Crippen LogP contribution in [0.15, 0.2) is 29.2 Å². The number of hydrogen-bond acceptors (Lipinski definition) is 5. The van der Waals surface area contributed by atoms with Gasteiger partial charge in [-0.1, -0.05) is 17.7 Å². The van der Waals surface area contributed by atoms with Crippen LogP contribution in [0.1, 0.15) is 18.4 Å². The number of aryl methyl sites for hydroxylation is 1. The summed E-state index contributed by atoms with van der Waals surface area (Å²) in [4.78, 5) is 0.148. The van der Waals surface area contributed by atoms with E-state index in [1.54, 1.807) is 12.1 Å². The van der Waals surface area contributed by atoms with Gasteiger partial charge in [-0.3, -0.25) is 4.18 Å². The first kappa shape index (κ1) is 14.5. The zero-order chi connectivity index (χ0) is 13.9. The van der Waals surface area contributed by atoms with E-state index in [4.69, 9.17) is 4.18 Å². The quantitative estimate of drug-likeness (QED) is 0.783. The van der Waals surface area contributed by atoms with E-state index in [-0.39, 0.29) is 11.5 Å². The average molecular weight is 285 g/mol. The Morgan fingerprint density at radius 3 is 2.63 bits per heavy atom. The molecule has 2 N–H and O–H groups in total. The van der Waals surface area contributed by atoms with Crippen LogP contribution >= 0.6 is 0 Å². The Morgan fingerprint density at radius 2 is 2.05 bits per heavy atom. The topological polar surface area (TPSA) is 75.6 Å². The number of nitrogens with one attached hydrogen (secondary N) is 1. The molecule has 1 saturated heterocycles. The van der Waals surface area contributed by atoms with Crippen molar-refractivity contribution in [3.05, 3.63) is 29.8 Å². The van der Waals surface area contributed by atoms with Gasteiger partial charge in [-0.05, 0) is 32.0 Å². The summed E-state index contributed by atoms with van der Waals surface area (Å²) < 4.78 is 28.8. The Kier molecular flexibility index (Phi) is 4.25. The van der Waals surface area contributed by atoms with Crippen LogP contribution in [-0.2, 0) is 14.3 Å². The second kappa shape index (κ2) is 5.58. The predicted octanol–water partition coefficient (Wildman–Crippen LogP) is 0.815. The van der Waals surface area contributed by atoms with Gasteiger partial charge in [0, 0.05) is 13.0 Å². The van der Waals surface area contributed by atoms with Crippen LogP contribution < -0.4 is 5.32 Å². The maximum absolute atomic E-state index is 11.9. The van der Waals surface area contributed by atoms with Gasteiger partial charge in [0.1, 0.15) is 0 Å². The van der Waals surface area contributed by atoms with E-state index in [0.717, 1.165) is 12.1 Å². The van der Waals surface area contributed by atoms with Crippen molar-refractivity contribution in [2.75, 3.05) is 19.7 Å². The first-order valence-electron chi connectivity index (χ1n) is 6.31. The maximum Gasteiger partial charge on any atom is 0.296 e. The summed E-state index contributed by atoms with van der Waals surface area (Å²) in [5.74, 6) is 0. The van der Waals surface area contributed by atoms with Gasteiger partial charge in [0.15, 0.2) is 0 Å². The zero-order valence-electron chi connectivity index (χ0n) is 10.9. The lowest BCUT2D eigenvalue weighted by atomic mass is 10.00. The van der Waals surface area contributed by atoms with E-state index < -0.39 is 15.7 Å². The summed E-state index contributed by atoms with van der Waals surface area (Å²) in [6, 6.07) is 6.50. The molecule has 1 unspecified atom stereocenters. The van der Waals surface area contributed by atoms with E-state index in [9.17, 15) is 13.5 Å². The van der Waals surface area contributed by atoms with Crippen molar-refractivity contribution < 1.29 is 17.7 Å². The van der Waals surface area contributed by atoms with E-state index in [0.29, 0.717) is 19.4 Å². The second-order valence-electron chi connectivity index (χ2n) is 4.99. The van der Waals surface area contributed by atoms with Crippen LogP contribution in [-0.4, -0.2) is 38.8 Å². The molecule has 1 atom stereocenters. The minimum absolute atomic E-state index is 0.00557. The monoisotopic (exact) mass is 285 g/mol. The lowest BCUT2D eigenvalue weighted by Gasteiger charge is -2.20. The Bertz CT molecular complexity index is 518. The Hall–Kier alpha value is -0.950. The molecule has 0 bridgehead atoms. The van der Waals surface area contributed by atoms with Crippen LogP contribution in [0.2, 0.25) is 0 Å². The minimum Gasteiger partial charge on any atom is -0.388 e. The molecule has 0 aromatic heterocycles. The van der Waals surface area contributed by atoms with E-state index >= 15 is 0 Å². The minimum atomic E-state index is -3.73. The molecule has 1 aliphatic rings. The molecule has 5 nitrogen and oxygen atoms in total. The largest absolute Gasteiger partial charge is 0.388 e. The lowest BCUT2D eigenvalue weighted by Crippen LogP contribution is -2.33. The molecule has 2 rings (SSSR count). The van der Waals surface area contributed by atoms with E-state index in [2.05, 4.69) is 5.32 Å². The normalized spacial score (nSPS) is 23.7. The number of aliphatic hydroxyl groups is 1. The molecule has 19 heavy (non-hydrogen) atoms. The molecule has 1 fully saturated rings. The van der Waals surface area contributed by atoms with Crippen molar-refractivity contribution in [2.24, 2.45) is 0 Å². The van der Waals surface area contributed by atoms with Gasteiger partial charge < -0.3 is 10.4 Å². The smallest absolute Gasteiger partial charge is 0.296 e. The highest BCUT2D eigenvalue weighted by Gasteiger charge is 2.31. The maximum atomic E-state index is 11.9. The third kappa shape index (κ3) is 3.76. The van der Waals surface area contributed by atoms with Gasteiger partial charge in [0.2, 0.25) is 0 Å². The molecule has 1 heterocycles. The molecule has 0 amide bonds. The van der Waals surface area contributed by atoms with Crippen LogP contribution in [0.4, 0.5) is 0 Å². The average Bonchev–Trinajstić information content (AvgIpc) is 2.76. The Morgan fingerprint density at radius 1 is 1.37 bits per heavy atom. The molecule has 0 radical (unpaired) electrons. The summed E-state index contributed by atoms with van der Waals surface area (Å²) in [7, 11) is -3.73. The van der Waals surface area contributed by atoms with Gasteiger partial charge in [-0.25, -0.2) is 0 Å². The lowest BCUT2D eigenvalue weighted by molar-refractivity contribution is 0.0392. The summed E-state index contributed by atoms with van der Waals surface area (Å²) in [5, 5.41) is 13.1. The first-order chi connectivity index (χ1) is 8.91. The Balaban J connectivity index is 1.92. The number of benzene rings is 1. The molecule has 106 valence electrons. The molecule has 0 spiro atoms. The van der Waals surface area contributed by atoms with Crippen LogP contribution in [0.25, 0.3) is 0 Å². The molecule has 1 aliphatic heterocycles. The highest BCUT2D eigenvalue weighted by atomic mass is 32.2. The van der Waals surface area contributed by atoms with Gasteiger partial charge in [-0.2, -0.15) is 8.42 Å². The summed E-state index contributed by atoms with van der Waals surface area (Å²) in [5.41, 5.74) is 0.147. The standard InChI is InChI=1S/C13H19NO4S/c1-11-2-4-12(5-3-11)19(16,17)18-9-7-13(15)6-8-14-10-13/h2-5,14-15H,6-10H2,1H3. The SMILES string of the molecule is Cc1ccc(S(=O)(=O)OCCC2(O)CCNC2)cc1. The number of β-amino-alcohol motifs (C(OH)–C–C–N with tert-alkyl or cyclic N) is 1. The summed E-state index contributed by atoms with van der Waals surface area (Å²) in [6.07, 6.45) is 0.937. The van der Waals surface area contributed by atoms with Crippen molar-refractivity contribution in [1.82, 2.24) is 5.32 Å². The fraction of sp³-hybridized carbons (Fsp3) is 0.538. The molecule has 1 aromatic carbocycles. The van der Waals surface area contributed by atoms with Crippen molar-refractivity contribution in [3.8, 4) is 0 Å². The molecular weight excluding hydrogens is 266 g/mol. The third-order valence-electron chi connectivity index (χ3n) is 3.34. The van der Waals surface area contributed by atoms with Gasteiger partial charge >= 0.3 is 0 Å². The van der Waals surface area contributed by atoms with Crippen molar-refractivity contribution in [1.29, 1.82) is 0 Å². The van der Waals surface area contributed by atoms with Crippen molar-refractivity contribution in [2.45, 2.75) is 30.3 Å². The summed E-state index contributed by atoms with van der Waals surface area (Å²) in [6.45, 7) is 3.12. The fourth-order valence-electron chi connectivity index (χ4n) is 2.06. The highest BCUT2D eigenvalue weighted by molar-refractivity contribution is 7.86. The molecule has 0 saturated carbocycles. The van der Waals surface area contributed by atoms with E-state index in [1.165, 1.54) is 12.1 Å². The van der Waals surface area contributed by atoms with Gasteiger partial charge in [-0.15, -0.1) is 0 Å². The van der Waals surface area contributed by atoms with Crippen LogP contribution in [0.3, 0.4) is 0 Å². The molecule has 0 aliphatic carbocycles. The molecular formula is C13H19NO4S. The van der Waals surface area contributed by atoms with Crippen LogP contribution in [0, 0.1) is 6.92 Å². The third-order valence-corrected chi connectivity index (χ3v) is 4.66. The molecule has 6 heteroatoms. The second-order valence-corrected chi connectivity index (χ2v) is 6.61. The zero-order valence-corrected chi connectivity index (χ0v) is 11.7. The first-order valence-corrected chi connectivity index (χ1v) is 7.71. The number of rotatable bonds is 5. The number of hydrogen-bond donors (Lipinski definition) is 2.